The van der Waals surface area contributed by atoms with E-state index in [2.05, 4.69) is 0 Å². The van der Waals surface area contributed by atoms with Crippen molar-refractivity contribution in [3.8, 4) is 0 Å². The van der Waals surface area contributed by atoms with Gasteiger partial charge in [0.05, 0.1) is 5.56 Å². The molecule has 0 aliphatic heterocycles. The Hall–Kier alpha value is -1.43. The Labute approximate surface area is 107 Å². The lowest BCUT2D eigenvalue weighted by Crippen LogP contribution is -2.04. The van der Waals surface area contributed by atoms with E-state index < -0.39 is 17.7 Å². The zero-order valence-corrected chi connectivity index (χ0v) is 10.3. The zero-order valence-electron chi connectivity index (χ0n) is 9.49. The van der Waals surface area contributed by atoms with Crippen LogP contribution >= 0.6 is 11.8 Å². The van der Waals surface area contributed by atoms with Crippen LogP contribution in [-0.2, 0) is 11.0 Å². The van der Waals surface area contributed by atoms with Crippen LogP contribution in [0.1, 0.15) is 12.5 Å². The number of rotatable bonds is 4. The Balaban J connectivity index is 2.72. The van der Waals surface area contributed by atoms with Crippen molar-refractivity contribution in [2.45, 2.75) is 18.0 Å². The van der Waals surface area contributed by atoms with Crippen molar-refractivity contribution in [1.82, 2.24) is 0 Å². The predicted molar refractivity (Wildman–Crippen MR) is 63.6 cm³/mol. The average Bonchev–Trinajstić information content (AvgIpc) is 2.25. The molecule has 0 atom stereocenters. The SMILES string of the molecule is CC(=CC(=O)O)CSc1cccc(C(F)(F)F)c1. The summed E-state index contributed by atoms with van der Waals surface area (Å²) in [5, 5.41) is 8.50. The van der Waals surface area contributed by atoms with Gasteiger partial charge >= 0.3 is 12.1 Å². The number of carboxylic acids is 1. The molecule has 0 heterocycles. The molecule has 1 aromatic carbocycles. The normalized spacial score (nSPS) is 12.6. The molecule has 0 bridgehead atoms. The smallest absolute Gasteiger partial charge is 0.416 e. The number of alkyl halides is 3. The van der Waals surface area contributed by atoms with Crippen LogP contribution in [0.25, 0.3) is 0 Å². The van der Waals surface area contributed by atoms with Crippen LogP contribution in [0.5, 0.6) is 0 Å². The molecule has 0 unspecified atom stereocenters. The molecule has 0 amide bonds. The number of thioether (sulfide) groups is 1. The second-order valence-electron chi connectivity index (χ2n) is 3.64. The van der Waals surface area contributed by atoms with Gasteiger partial charge in [-0.15, -0.1) is 11.8 Å². The van der Waals surface area contributed by atoms with E-state index in [9.17, 15) is 18.0 Å². The minimum Gasteiger partial charge on any atom is -0.478 e. The van der Waals surface area contributed by atoms with E-state index in [-0.39, 0.29) is 0 Å². The summed E-state index contributed by atoms with van der Waals surface area (Å²) >= 11 is 1.17. The highest BCUT2D eigenvalue weighted by Gasteiger charge is 2.30. The molecule has 0 spiro atoms. The maximum absolute atomic E-state index is 12.4. The first-order valence-corrected chi connectivity index (χ1v) is 5.98. The largest absolute Gasteiger partial charge is 0.478 e. The second kappa shape index (κ2) is 5.95. The summed E-state index contributed by atoms with van der Waals surface area (Å²) in [4.78, 5) is 10.8. The van der Waals surface area contributed by atoms with Gasteiger partial charge in [0, 0.05) is 16.7 Å². The zero-order chi connectivity index (χ0) is 13.8. The first-order valence-electron chi connectivity index (χ1n) is 4.99. The third-order valence-corrected chi connectivity index (χ3v) is 3.18. The fraction of sp³-hybridized carbons (Fsp3) is 0.250. The Morgan fingerprint density at radius 2 is 2.11 bits per heavy atom. The van der Waals surface area contributed by atoms with Crippen molar-refractivity contribution in [1.29, 1.82) is 0 Å². The van der Waals surface area contributed by atoms with Crippen LogP contribution in [0, 0.1) is 0 Å². The summed E-state index contributed by atoms with van der Waals surface area (Å²) in [6.07, 6.45) is -3.32. The van der Waals surface area contributed by atoms with Gasteiger partial charge in [-0.3, -0.25) is 0 Å². The van der Waals surface area contributed by atoms with Gasteiger partial charge in [-0.05, 0) is 25.1 Å². The molecule has 6 heteroatoms. The molecular weight excluding hydrogens is 265 g/mol. The topological polar surface area (TPSA) is 37.3 Å². The van der Waals surface area contributed by atoms with Gasteiger partial charge in [0.15, 0.2) is 0 Å². The van der Waals surface area contributed by atoms with E-state index in [0.29, 0.717) is 16.2 Å². The van der Waals surface area contributed by atoms with E-state index in [1.54, 1.807) is 13.0 Å². The summed E-state index contributed by atoms with van der Waals surface area (Å²) in [5.74, 6) is -0.717. The van der Waals surface area contributed by atoms with Gasteiger partial charge in [0.25, 0.3) is 0 Å². The summed E-state index contributed by atoms with van der Waals surface area (Å²) in [7, 11) is 0. The highest BCUT2D eigenvalue weighted by atomic mass is 32.2. The minimum absolute atomic E-state index is 0.341. The molecule has 0 saturated carbocycles. The molecule has 98 valence electrons. The average molecular weight is 276 g/mol. The highest BCUT2D eigenvalue weighted by Crippen LogP contribution is 2.32. The minimum atomic E-state index is -4.36. The lowest BCUT2D eigenvalue weighted by molar-refractivity contribution is -0.137. The second-order valence-corrected chi connectivity index (χ2v) is 4.69. The molecular formula is C12H11F3O2S. The first-order chi connectivity index (χ1) is 8.29. The summed E-state index contributed by atoms with van der Waals surface area (Å²) in [6.45, 7) is 1.62. The van der Waals surface area contributed by atoms with E-state index in [4.69, 9.17) is 5.11 Å². The van der Waals surface area contributed by atoms with Gasteiger partial charge in [-0.2, -0.15) is 13.2 Å². The molecule has 1 aromatic rings. The third kappa shape index (κ3) is 4.83. The molecule has 1 N–H and O–H groups in total. The van der Waals surface area contributed by atoms with Crippen molar-refractivity contribution in [3.63, 3.8) is 0 Å². The number of aliphatic carboxylic acids is 1. The van der Waals surface area contributed by atoms with Crippen LogP contribution in [0.2, 0.25) is 0 Å². The maximum Gasteiger partial charge on any atom is 0.416 e. The van der Waals surface area contributed by atoms with Crippen LogP contribution in [-0.4, -0.2) is 16.8 Å². The molecule has 2 nitrogen and oxygen atoms in total. The van der Waals surface area contributed by atoms with Crippen molar-refractivity contribution in [3.05, 3.63) is 41.5 Å². The molecule has 0 aromatic heterocycles. The van der Waals surface area contributed by atoms with Gasteiger partial charge in [0.2, 0.25) is 0 Å². The standard InChI is InChI=1S/C12H11F3O2S/c1-8(5-11(16)17)7-18-10-4-2-3-9(6-10)12(13,14)15/h2-6H,7H2,1H3,(H,16,17). The summed E-state index contributed by atoms with van der Waals surface area (Å²) < 4.78 is 37.3. The Kier molecular flexibility index (Phi) is 4.84. The fourth-order valence-electron chi connectivity index (χ4n) is 1.21. The van der Waals surface area contributed by atoms with Crippen molar-refractivity contribution in [2.24, 2.45) is 0 Å². The first kappa shape index (κ1) is 14.6. The van der Waals surface area contributed by atoms with E-state index in [1.807, 2.05) is 0 Å². The quantitative estimate of drug-likeness (QED) is 0.671. The number of carboxylic acid groups (broad SMARTS) is 1. The molecule has 0 radical (unpaired) electrons. The molecule has 0 aliphatic rings. The van der Waals surface area contributed by atoms with Gasteiger partial charge < -0.3 is 5.11 Å². The molecule has 18 heavy (non-hydrogen) atoms. The van der Waals surface area contributed by atoms with E-state index in [0.717, 1.165) is 18.2 Å². The Morgan fingerprint density at radius 1 is 1.44 bits per heavy atom. The van der Waals surface area contributed by atoms with Crippen molar-refractivity contribution < 1.29 is 23.1 Å². The molecule has 0 fully saturated rings. The third-order valence-electron chi connectivity index (χ3n) is 2.00. The summed E-state index contributed by atoms with van der Waals surface area (Å²) in [6, 6.07) is 4.96. The number of hydrogen-bond donors (Lipinski definition) is 1. The molecule has 0 aliphatic carbocycles. The van der Waals surface area contributed by atoms with E-state index in [1.165, 1.54) is 17.8 Å². The lowest BCUT2D eigenvalue weighted by atomic mass is 10.2. The monoisotopic (exact) mass is 276 g/mol. The van der Waals surface area contributed by atoms with Gasteiger partial charge in [-0.1, -0.05) is 11.6 Å². The Bertz CT molecular complexity index is 467. The lowest BCUT2D eigenvalue weighted by Gasteiger charge is -2.08. The van der Waals surface area contributed by atoms with Crippen LogP contribution < -0.4 is 0 Å². The number of benzene rings is 1. The number of halogens is 3. The number of carbonyl (C=O) groups is 1. The van der Waals surface area contributed by atoms with Crippen LogP contribution in [0.4, 0.5) is 13.2 Å². The Morgan fingerprint density at radius 3 is 2.67 bits per heavy atom. The maximum atomic E-state index is 12.4. The van der Waals surface area contributed by atoms with Crippen molar-refractivity contribution >= 4 is 17.7 Å². The van der Waals surface area contributed by atoms with Gasteiger partial charge in [-0.25, -0.2) is 4.79 Å². The van der Waals surface area contributed by atoms with Gasteiger partial charge in [0.1, 0.15) is 0 Å². The van der Waals surface area contributed by atoms with Crippen molar-refractivity contribution in [2.75, 3.05) is 5.75 Å². The predicted octanol–water partition coefficient (Wildman–Crippen LogP) is 3.83. The van der Waals surface area contributed by atoms with Crippen LogP contribution in [0.15, 0.2) is 40.8 Å². The highest BCUT2D eigenvalue weighted by molar-refractivity contribution is 7.99. The van der Waals surface area contributed by atoms with E-state index >= 15 is 0 Å². The fourth-order valence-corrected chi connectivity index (χ4v) is 2.07. The number of hydrogen-bond acceptors (Lipinski definition) is 2. The molecule has 1 rings (SSSR count). The molecule has 0 saturated heterocycles. The summed E-state index contributed by atoms with van der Waals surface area (Å²) in [5.41, 5.74) is -0.114. The van der Waals surface area contributed by atoms with Crippen LogP contribution in [0.3, 0.4) is 0 Å².